The molecule has 3 atom stereocenters. The van der Waals surface area contributed by atoms with E-state index in [1.165, 1.54) is 0 Å². The summed E-state index contributed by atoms with van der Waals surface area (Å²) in [5, 5.41) is 14.9. The van der Waals surface area contributed by atoms with Crippen molar-refractivity contribution in [1.82, 2.24) is 0 Å². The highest BCUT2D eigenvalue weighted by atomic mass is 79.9. The van der Waals surface area contributed by atoms with Gasteiger partial charge in [-0.15, -0.1) is 0 Å². The molecule has 1 aliphatic carbocycles. The molecule has 0 spiro atoms. The van der Waals surface area contributed by atoms with Gasteiger partial charge in [0.25, 0.3) is 5.69 Å². The second-order valence-corrected chi connectivity index (χ2v) is 6.85. The van der Waals surface area contributed by atoms with Crippen molar-refractivity contribution in [3.63, 3.8) is 0 Å². The minimum Gasteiger partial charge on any atom is -0.372 e. The summed E-state index contributed by atoms with van der Waals surface area (Å²) in [6.07, 6.45) is 5.36. The van der Waals surface area contributed by atoms with E-state index in [2.05, 4.69) is 39.5 Å². The van der Waals surface area contributed by atoms with Crippen LogP contribution in [0.1, 0.15) is 29.5 Å². The third kappa shape index (κ3) is 2.27. The van der Waals surface area contributed by atoms with Gasteiger partial charge in [-0.1, -0.05) is 58.4 Å². The van der Waals surface area contributed by atoms with E-state index in [4.69, 9.17) is 0 Å². The van der Waals surface area contributed by atoms with Gasteiger partial charge in [0.15, 0.2) is 0 Å². The summed E-state index contributed by atoms with van der Waals surface area (Å²) < 4.78 is 1.03. The normalized spacial score (nSPS) is 24.7. The predicted molar refractivity (Wildman–Crippen MR) is 93.6 cm³/mol. The fourth-order valence-corrected chi connectivity index (χ4v) is 4.32. The summed E-state index contributed by atoms with van der Waals surface area (Å²) in [6.45, 7) is 0. The van der Waals surface area contributed by atoms with Crippen LogP contribution in [0.4, 0.5) is 11.4 Å². The molecule has 0 bridgehead atoms. The molecule has 116 valence electrons. The Morgan fingerprint density at radius 3 is 2.70 bits per heavy atom. The van der Waals surface area contributed by atoms with Crippen molar-refractivity contribution in [1.29, 1.82) is 0 Å². The average Bonchev–Trinajstić information content (AvgIpc) is 3.04. The van der Waals surface area contributed by atoms with Gasteiger partial charge in [-0.05, 0) is 29.5 Å². The maximum absolute atomic E-state index is 11.4. The van der Waals surface area contributed by atoms with Gasteiger partial charge in [0.1, 0.15) is 5.69 Å². The van der Waals surface area contributed by atoms with E-state index in [-0.39, 0.29) is 22.6 Å². The van der Waals surface area contributed by atoms with E-state index < -0.39 is 0 Å². The van der Waals surface area contributed by atoms with Gasteiger partial charge in [-0.3, -0.25) is 10.1 Å². The van der Waals surface area contributed by atoms with Gasteiger partial charge < -0.3 is 5.32 Å². The first kappa shape index (κ1) is 14.5. The molecule has 0 saturated heterocycles. The summed E-state index contributed by atoms with van der Waals surface area (Å²) in [6, 6.07) is 13.5. The molecule has 0 radical (unpaired) electrons. The van der Waals surface area contributed by atoms with Gasteiger partial charge in [0.2, 0.25) is 0 Å². The highest BCUT2D eigenvalue weighted by Gasteiger charge is 2.40. The number of halogens is 1. The Morgan fingerprint density at radius 1 is 1.13 bits per heavy atom. The molecule has 5 heteroatoms. The number of para-hydroxylation sites is 1. The number of nitrogens with one attached hydrogen (secondary N) is 1. The van der Waals surface area contributed by atoms with Crippen molar-refractivity contribution in [3.8, 4) is 0 Å². The van der Waals surface area contributed by atoms with Crippen molar-refractivity contribution in [2.45, 2.75) is 18.4 Å². The zero-order chi connectivity index (χ0) is 16.0. The Bertz CT molecular complexity index is 818. The molecule has 0 amide bonds. The van der Waals surface area contributed by atoms with E-state index in [0.717, 1.165) is 22.0 Å². The minimum atomic E-state index is -0.304. The van der Waals surface area contributed by atoms with Gasteiger partial charge in [0.05, 0.1) is 11.0 Å². The maximum atomic E-state index is 11.4. The second kappa shape index (κ2) is 5.49. The molecule has 23 heavy (non-hydrogen) atoms. The summed E-state index contributed by atoms with van der Waals surface area (Å²) in [4.78, 5) is 11.1. The Kier molecular flexibility index (Phi) is 3.45. The van der Waals surface area contributed by atoms with Crippen LogP contribution >= 0.6 is 15.9 Å². The maximum Gasteiger partial charge on any atom is 0.292 e. The lowest BCUT2D eigenvalue weighted by molar-refractivity contribution is -0.384. The number of fused-ring (bicyclic) bond motifs is 3. The molecule has 0 fully saturated rings. The number of hydrogen-bond donors (Lipinski definition) is 1. The van der Waals surface area contributed by atoms with E-state index in [1.54, 1.807) is 12.1 Å². The third-order valence-electron chi connectivity index (χ3n) is 4.81. The first-order chi connectivity index (χ1) is 11.2. The van der Waals surface area contributed by atoms with E-state index in [1.807, 2.05) is 24.3 Å². The Morgan fingerprint density at radius 2 is 1.91 bits per heavy atom. The smallest absolute Gasteiger partial charge is 0.292 e. The number of benzene rings is 2. The second-order valence-electron chi connectivity index (χ2n) is 6.00. The fourth-order valence-electron chi connectivity index (χ4n) is 3.79. The van der Waals surface area contributed by atoms with Crippen LogP contribution in [0.25, 0.3) is 0 Å². The lowest BCUT2D eigenvalue weighted by atomic mass is 9.77. The monoisotopic (exact) mass is 370 g/mol. The number of nitro benzene ring substituents is 1. The summed E-state index contributed by atoms with van der Waals surface area (Å²) in [5.74, 6) is 0.603. The zero-order valence-corrected chi connectivity index (χ0v) is 13.9. The Balaban J connectivity index is 1.87. The Labute approximate surface area is 142 Å². The van der Waals surface area contributed by atoms with E-state index >= 15 is 0 Å². The van der Waals surface area contributed by atoms with Crippen LogP contribution < -0.4 is 5.32 Å². The van der Waals surface area contributed by atoms with Gasteiger partial charge in [0, 0.05) is 16.5 Å². The highest BCUT2D eigenvalue weighted by Crippen LogP contribution is 2.52. The van der Waals surface area contributed by atoms with Gasteiger partial charge in [-0.2, -0.15) is 0 Å². The van der Waals surface area contributed by atoms with Crippen molar-refractivity contribution < 1.29 is 4.92 Å². The van der Waals surface area contributed by atoms with Crippen LogP contribution in [0.2, 0.25) is 0 Å². The van der Waals surface area contributed by atoms with Crippen molar-refractivity contribution >= 4 is 27.3 Å². The first-order valence-corrected chi connectivity index (χ1v) is 8.41. The number of hydrogen-bond acceptors (Lipinski definition) is 3. The molecule has 4 rings (SSSR count). The molecule has 0 aromatic heterocycles. The first-order valence-electron chi connectivity index (χ1n) is 7.61. The van der Waals surface area contributed by atoms with E-state index in [9.17, 15) is 10.1 Å². The molecule has 0 saturated carbocycles. The van der Waals surface area contributed by atoms with Gasteiger partial charge >= 0.3 is 0 Å². The highest BCUT2D eigenvalue weighted by molar-refractivity contribution is 9.10. The average molecular weight is 371 g/mol. The SMILES string of the molecule is O=[N+]([O-])c1cccc2c1N[C@H](c1ccccc1Br)[C@H]1CC=C[C@@H]21. The van der Waals surface area contributed by atoms with Crippen molar-refractivity contribution in [3.05, 3.63) is 80.3 Å². The number of allylic oxidation sites excluding steroid dienone is 2. The minimum absolute atomic E-state index is 0.0548. The molecule has 1 heterocycles. The molecule has 1 aliphatic heterocycles. The third-order valence-corrected chi connectivity index (χ3v) is 5.53. The van der Waals surface area contributed by atoms with Crippen molar-refractivity contribution in [2.75, 3.05) is 5.32 Å². The summed E-state index contributed by atoms with van der Waals surface area (Å²) in [7, 11) is 0. The van der Waals surface area contributed by atoms with E-state index in [0.29, 0.717) is 11.6 Å². The number of nitrogens with zero attached hydrogens (tertiary/aromatic N) is 1. The Hall–Kier alpha value is -2.14. The number of rotatable bonds is 2. The van der Waals surface area contributed by atoms with Crippen LogP contribution in [-0.4, -0.2) is 4.92 Å². The van der Waals surface area contributed by atoms with Gasteiger partial charge in [-0.25, -0.2) is 0 Å². The molecule has 2 aromatic rings. The standard InChI is InChI=1S/C18H15BrN2O2/c19-15-9-2-1-5-14(15)17-12-7-3-6-11(12)13-8-4-10-16(21(22)23)18(13)20-17/h1-6,8-12,17,20H,7H2/t11-,12+,17+/m1/s1. The molecule has 2 aliphatic rings. The predicted octanol–water partition coefficient (Wildman–Crippen LogP) is 5.18. The lowest BCUT2D eigenvalue weighted by Crippen LogP contribution is -2.29. The molecular formula is C18H15BrN2O2. The molecule has 4 nitrogen and oxygen atoms in total. The van der Waals surface area contributed by atoms with Crippen LogP contribution in [-0.2, 0) is 0 Å². The zero-order valence-electron chi connectivity index (χ0n) is 12.3. The molecule has 0 unspecified atom stereocenters. The van der Waals surface area contributed by atoms with Crippen LogP contribution in [0.15, 0.2) is 59.1 Å². The van der Waals surface area contributed by atoms with Crippen molar-refractivity contribution in [2.24, 2.45) is 5.92 Å². The summed E-state index contributed by atoms with van der Waals surface area (Å²) >= 11 is 3.62. The lowest BCUT2D eigenvalue weighted by Gasteiger charge is -2.37. The number of anilines is 1. The quantitative estimate of drug-likeness (QED) is 0.449. The van der Waals surface area contributed by atoms with Crippen LogP contribution in [0.3, 0.4) is 0 Å². The van der Waals surface area contributed by atoms with Crippen LogP contribution in [0.5, 0.6) is 0 Å². The van der Waals surface area contributed by atoms with Crippen LogP contribution in [0, 0.1) is 16.0 Å². The molecule has 2 aromatic carbocycles. The molecule has 1 N–H and O–H groups in total. The molecular weight excluding hydrogens is 356 g/mol. The number of nitro groups is 1. The topological polar surface area (TPSA) is 55.2 Å². The fraction of sp³-hybridized carbons (Fsp3) is 0.222. The largest absolute Gasteiger partial charge is 0.372 e. The summed E-state index contributed by atoms with van der Waals surface area (Å²) in [5.41, 5.74) is 2.99.